The van der Waals surface area contributed by atoms with Crippen LogP contribution in [-0.4, -0.2) is 39.0 Å². The van der Waals surface area contributed by atoms with Gasteiger partial charge in [0.05, 0.1) is 21.3 Å². The van der Waals surface area contributed by atoms with Crippen LogP contribution in [0.5, 0.6) is 0 Å². The van der Waals surface area contributed by atoms with Crippen molar-refractivity contribution in [2.24, 2.45) is 0 Å². The number of halogens is 2. The van der Waals surface area contributed by atoms with Crippen molar-refractivity contribution in [3.8, 4) is 11.1 Å². The van der Waals surface area contributed by atoms with Crippen LogP contribution in [0, 0.1) is 0 Å². The van der Waals surface area contributed by atoms with Gasteiger partial charge in [0.1, 0.15) is 12.9 Å². The second-order valence-corrected chi connectivity index (χ2v) is 7.67. The van der Waals surface area contributed by atoms with E-state index in [1.165, 1.54) is 11.9 Å². The van der Waals surface area contributed by atoms with E-state index in [4.69, 9.17) is 28.3 Å². The first-order valence-electron chi connectivity index (χ1n) is 7.66. The van der Waals surface area contributed by atoms with Gasteiger partial charge in [0.25, 0.3) is 0 Å². The highest BCUT2D eigenvalue weighted by molar-refractivity contribution is 7.20. The van der Waals surface area contributed by atoms with E-state index < -0.39 is 6.61 Å². The first-order chi connectivity index (χ1) is 12.1. The van der Waals surface area contributed by atoms with Crippen molar-refractivity contribution in [2.75, 3.05) is 13.2 Å². The fourth-order valence-electron chi connectivity index (χ4n) is 3.19. The van der Waals surface area contributed by atoms with Gasteiger partial charge in [0.2, 0.25) is 5.91 Å². The number of carbonyl (C=O) groups is 1. The van der Waals surface area contributed by atoms with Crippen LogP contribution in [0.4, 0.5) is 0 Å². The first-order valence-corrected chi connectivity index (χ1v) is 9.23. The molecule has 0 spiro atoms. The molecule has 8 heteroatoms. The van der Waals surface area contributed by atoms with Crippen molar-refractivity contribution in [3.05, 3.63) is 45.3 Å². The third-order valence-corrected chi connectivity index (χ3v) is 6.50. The topological polar surface area (TPSA) is 66.3 Å². The predicted octanol–water partition coefficient (Wildman–Crippen LogP) is 3.54. The molecule has 0 saturated heterocycles. The highest BCUT2D eigenvalue weighted by atomic mass is 35.5. The summed E-state index contributed by atoms with van der Waals surface area (Å²) in [6.45, 7) is 0.579. The van der Waals surface area contributed by atoms with Gasteiger partial charge >= 0.3 is 0 Å². The van der Waals surface area contributed by atoms with Gasteiger partial charge in [0.15, 0.2) is 0 Å². The fourth-order valence-corrected chi connectivity index (χ4v) is 5.05. The minimum atomic E-state index is -0.473. The zero-order valence-electron chi connectivity index (χ0n) is 13.0. The van der Waals surface area contributed by atoms with Crippen molar-refractivity contribution in [1.82, 2.24) is 14.9 Å². The first kappa shape index (κ1) is 16.7. The molecule has 0 unspecified atom stereocenters. The van der Waals surface area contributed by atoms with Crippen LogP contribution >= 0.6 is 34.5 Å². The Morgan fingerprint density at radius 3 is 2.80 bits per heavy atom. The largest absolute Gasteiger partial charge is 0.387 e. The van der Waals surface area contributed by atoms with Crippen molar-refractivity contribution in [3.63, 3.8) is 0 Å². The van der Waals surface area contributed by atoms with Crippen molar-refractivity contribution < 1.29 is 9.90 Å². The van der Waals surface area contributed by atoms with Crippen molar-refractivity contribution in [1.29, 1.82) is 0 Å². The number of aliphatic hydroxyl groups excluding tert-OH is 1. The molecule has 25 heavy (non-hydrogen) atoms. The van der Waals surface area contributed by atoms with Gasteiger partial charge in [0, 0.05) is 34.8 Å². The molecule has 0 bridgehead atoms. The number of carbonyl (C=O) groups excluding carboxylic acids is 1. The summed E-state index contributed by atoms with van der Waals surface area (Å²) in [4.78, 5) is 22.8. The minimum Gasteiger partial charge on any atom is -0.387 e. The Labute approximate surface area is 157 Å². The van der Waals surface area contributed by atoms with E-state index in [0.717, 1.165) is 26.1 Å². The van der Waals surface area contributed by atoms with Gasteiger partial charge in [-0.3, -0.25) is 4.79 Å². The van der Waals surface area contributed by atoms with Gasteiger partial charge in [-0.05, 0) is 23.6 Å². The Hall–Kier alpha value is -1.73. The maximum Gasteiger partial charge on any atom is 0.248 e. The molecule has 128 valence electrons. The lowest BCUT2D eigenvalue weighted by atomic mass is 9.96. The molecule has 1 amide bonds. The summed E-state index contributed by atoms with van der Waals surface area (Å²) in [5.74, 6) is -0.260. The summed E-state index contributed by atoms with van der Waals surface area (Å²) in [6, 6.07) is 1.85. The number of thiophene rings is 1. The number of aliphatic hydroxyl groups is 1. The second kappa shape index (κ2) is 6.53. The molecule has 2 aromatic heterocycles. The number of amides is 1. The smallest absolute Gasteiger partial charge is 0.248 e. The standard InChI is InChI=1S/C17H13Cl2N3O2S/c18-12-3-11(9-4-20-8-21-5-9)15-10-1-2-22(14(24)7-23)6-13(10)25-17(15)16(12)19/h3-5,8,23H,1-2,6-7H2. The Morgan fingerprint density at radius 1 is 1.32 bits per heavy atom. The molecule has 3 aromatic rings. The zero-order valence-corrected chi connectivity index (χ0v) is 15.3. The Morgan fingerprint density at radius 2 is 2.08 bits per heavy atom. The van der Waals surface area contributed by atoms with Crippen LogP contribution in [0.15, 0.2) is 24.8 Å². The molecular formula is C17H13Cl2N3O2S. The van der Waals surface area contributed by atoms with E-state index in [-0.39, 0.29) is 5.91 Å². The predicted molar refractivity (Wildman–Crippen MR) is 99.1 cm³/mol. The lowest BCUT2D eigenvalue weighted by Gasteiger charge is -2.26. The summed E-state index contributed by atoms with van der Waals surface area (Å²) in [5.41, 5.74) is 3.00. The van der Waals surface area contributed by atoms with Gasteiger partial charge in [-0.1, -0.05) is 23.2 Å². The summed E-state index contributed by atoms with van der Waals surface area (Å²) in [7, 11) is 0. The maximum absolute atomic E-state index is 11.8. The number of hydrogen-bond donors (Lipinski definition) is 1. The van der Waals surface area contributed by atoms with E-state index in [0.29, 0.717) is 29.6 Å². The Kier molecular flexibility index (Phi) is 4.37. The van der Waals surface area contributed by atoms with E-state index >= 15 is 0 Å². The Bertz CT molecular complexity index is 975. The fraction of sp³-hybridized carbons (Fsp3) is 0.235. The van der Waals surface area contributed by atoms with Crippen LogP contribution in [-0.2, 0) is 17.8 Å². The quantitative estimate of drug-likeness (QED) is 0.722. The average molecular weight is 394 g/mol. The second-order valence-electron chi connectivity index (χ2n) is 5.78. The van der Waals surface area contributed by atoms with E-state index in [9.17, 15) is 4.79 Å². The van der Waals surface area contributed by atoms with E-state index in [1.807, 2.05) is 6.07 Å². The molecule has 1 aromatic carbocycles. The summed E-state index contributed by atoms with van der Waals surface area (Å²) in [5, 5.41) is 11.2. The number of rotatable bonds is 2. The number of benzene rings is 1. The molecule has 0 saturated carbocycles. The maximum atomic E-state index is 11.8. The lowest BCUT2D eigenvalue weighted by molar-refractivity contribution is -0.135. The summed E-state index contributed by atoms with van der Waals surface area (Å²) in [6.07, 6.45) is 5.69. The average Bonchev–Trinajstić information content (AvgIpc) is 3.03. The van der Waals surface area contributed by atoms with Gasteiger partial charge in [-0.15, -0.1) is 11.3 Å². The molecular weight excluding hydrogens is 381 g/mol. The monoisotopic (exact) mass is 393 g/mol. The molecule has 0 atom stereocenters. The van der Waals surface area contributed by atoms with Crippen molar-refractivity contribution >= 4 is 50.5 Å². The van der Waals surface area contributed by atoms with Gasteiger partial charge < -0.3 is 10.0 Å². The molecule has 4 rings (SSSR count). The van der Waals surface area contributed by atoms with Crippen LogP contribution in [0.2, 0.25) is 10.0 Å². The highest BCUT2D eigenvalue weighted by Crippen LogP contribution is 2.46. The third-order valence-electron chi connectivity index (χ3n) is 4.37. The highest BCUT2D eigenvalue weighted by Gasteiger charge is 2.27. The SMILES string of the molecule is O=C(CO)N1CCc2c(sc3c(Cl)c(Cl)cc(-c4cncnc4)c23)C1. The van der Waals surface area contributed by atoms with Crippen LogP contribution in [0.25, 0.3) is 21.2 Å². The number of fused-ring (bicyclic) bond motifs is 3. The lowest BCUT2D eigenvalue weighted by Crippen LogP contribution is -2.37. The third kappa shape index (κ3) is 2.79. The summed E-state index contributed by atoms with van der Waals surface area (Å²) < 4.78 is 0.913. The normalized spacial score (nSPS) is 14.0. The van der Waals surface area contributed by atoms with E-state index in [2.05, 4.69) is 9.97 Å². The van der Waals surface area contributed by atoms with Gasteiger partial charge in [-0.2, -0.15) is 0 Å². The summed E-state index contributed by atoms with van der Waals surface area (Å²) >= 11 is 14.4. The van der Waals surface area contributed by atoms with Crippen LogP contribution in [0.3, 0.4) is 0 Å². The van der Waals surface area contributed by atoms with Crippen LogP contribution < -0.4 is 0 Å². The van der Waals surface area contributed by atoms with Crippen molar-refractivity contribution in [2.45, 2.75) is 13.0 Å². The number of nitrogens with zero attached hydrogens (tertiary/aromatic N) is 3. The zero-order chi connectivity index (χ0) is 17.6. The molecule has 1 aliphatic rings. The van der Waals surface area contributed by atoms with E-state index in [1.54, 1.807) is 28.6 Å². The number of hydrogen-bond acceptors (Lipinski definition) is 5. The molecule has 0 radical (unpaired) electrons. The number of aromatic nitrogens is 2. The Balaban J connectivity index is 1.93. The molecule has 1 N–H and O–H groups in total. The van der Waals surface area contributed by atoms with Crippen LogP contribution in [0.1, 0.15) is 10.4 Å². The van der Waals surface area contributed by atoms with Gasteiger partial charge in [-0.25, -0.2) is 9.97 Å². The molecule has 1 aliphatic heterocycles. The molecule has 3 heterocycles. The minimum absolute atomic E-state index is 0.260. The molecule has 0 fully saturated rings. The molecule has 0 aliphatic carbocycles. The molecule has 5 nitrogen and oxygen atoms in total.